The van der Waals surface area contributed by atoms with Crippen LogP contribution in [0.4, 0.5) is 5.69 Å². The second-order valence-electron chi connectivity index (χ2n) is 7.45. The molecule has 1 aromatic carbocycles. The third-order valence-corrected chi connectivity index (χ3v) is 4.80. The predicted octanol–water partition coefficient (Wildman–Crippen LogP) is 4.72. The normalized spacial score (nSPS) is 18.6. The van der Waals surface area contributed by atoms with Gasteiger partial charge in [-0.05, 0) is 65.2 Å². The summed E-state index contributed by atoms with van der Waals surface area (Å²) in [4.78, 5) is 2.53. The van der Waals surface area contributed by atoms with Gasteiger partial charge >= 0.3 is 0 Å². The largest absolute Gasteiger partial charge is 0.366 e. The third kappa shape index (κ3) is 3.76. The van der Waals surface area contributed by atoms with Crippen LogP contribution in [0.15, 0.2) is 22.7 Å². The summed E-state index contributed by atoms with van der Waals surface area (Å²) in [6.45, 7) is 13.3. The molecule has 0 atom stereocenters. The Balaban J connectivity index is 2.14. The summed E-state index contributed by atoms with van der Waals surface area (Å²) in [7, 11) is 0. The van der Waals surface area contributed by atoms with Crippen molar-refractivity contribution < 1.29 is 0 Å². The number of nitrogens with one attached hydrogen (secondary N) is 1. The molecule has 0 spiro atoms. The van der Waals surface area contributed by atoms with Crippen LogP contribution < -0.4 is 10.2 Å². The molecule has 1 heterocycles. The van der Waals surface area contributed by atoms with Gasteiger partial charge in [0.1, 0.15) is 0 Å². The van der Waals surface area contributed by atoms with Crippen molar-refractivity contribution in [2.45, 2.75) is 65.1 Å². The van der Waals surface area contributed by atoms with Gasteiger partial charge in [0, 0.05) is 34.3 Å². The molecule has 1 aliphatic heterocycles. The first-order valence-electron chi connectivity index (χ1n) is 7.50. The molecule has 1 N–H and O–H groups in total. The molecule has 1 aliphatic rings. The van der Waals surface area contributed by atoms with Crippen molar-refractivity contribution in [1.29, 1.82) is 0 Å². The lowest BCUT2D eigenvalue weighted by atomic mass is 10.0. The summed E-state index contributed by atoms with van der Waals surface area (Å²) in [5.74, 6) is 0. The van der Waals surface area contributed by atoms with Gasteiger partial charge in [-0.25, -0.2) is 0 Å². The Bertz CT molecular complexity index is 474. The number of hydrogen-bond donors (Lipinski definition) is 1. The molecule has 1 saturated heterocycles. The van der Waals surface area contributed by atoms with E-state index in [1.807, 2.05) is 0 Å². The van der Waals surface area contributed by atoms with E-state index in [2.05, 4.69) is 79.0 Å². The van der Waals surface area contributed by atoms with Gasteiger partial charge in [-0.2, -0.15) is 0 Å². The Morgan fingerprint density at radius 1 is 1.30 bits per heavy atom. The fraction of sp³-hybridized carbons (Fsp3) is 0.647. The van der Waals surface area contributed by atoms with Crippen LogP contribution in [0.25, 0.3) is 0 Å². The fourth-order valence-corrected chi connectivity index (χ4v) is 3.30. The van der Waals surface area contributed by atoms with Crippen molar-refractivity contribution in [2.75, 3.05) is 11.4 Å². The van der Waals surface area contributed by atoms with Crippen molar-refractivity contribution >= 4 is 21.6 Å². The lowest BCUT2D eigenvalue weighted by Gasteiger charge is -2.34. The van der Waals surface area contributed by atoms with Crippen LogP contribution in [0.2, 0.25) is 0 Å². The predicted molar refractivity (Wildman–Crippen MR) is 91.4 cm³/mol. The highest BCUT2D eigenvalue weighted by Crippen LogP contribution is 2.35. The Hall–Kier alpha value is -0.540. The zero-order valence-corrected chi connectivity index (χ0v) is 15.0. The summed E-state index contributed by atoms with van der Waals surface area (Å²) in [5.41, 5.74) is 3.08. The molecule has 0 unspecified atom stereocenters. The van der Waals surface area contributed by atoms with E-state index in [4.69, 9.17) is 0 Å². The first kappa shape index (κ1) is 15.8. The van der Waals surface area contributed by atoms with Crippen molar-refractivity contribution in [3.8, 4) is 0 Å². The molecule has 0 amide bonds. The quantitative estimate of drug-likeness (QED) is 0.857. The van der Waals surface area contributed by atoms with Crippen LogP contribution in [-0.2, 0) is 6.54 Å². The summed E-state index contributed by atoms with van der Waals surface area (Å²) in [6.07, 6.45) is 2.57. The maximum absolute atomic E-state index is 3.73. The molecular formula is C17H27BrN2. The van der Waals surface area contributed by atoms with Crippen molar-refractivity contribution in [3.63, 3.8) is 0 Å². The summed E-state index contributed by atoms with van der Waals surface area (Å²) in [6, 6.07) is 6.77. The standard InChI is InChI=1S/C17H27BrN2/c1-16(2,3)19-12-13-7-8-14(11-15(13)18)20-10-6-9-17(20,4)5/h7-8,11,19H,6,9-10,12H2,1-5H3. The molecule has 0 aliphatic carbocycles. The summed E-state index contributed by atoms with van der Waals surface area (Å²) >= 11 is 3.73. The zero-order chi connectivity index (χ0) is 15.0. The van der Waals surface area contributed by atoms with Gasteiger partial charge in [-0.3, -0.25) is 0 Å². The highest BCUT2D eigenvalue weighted by molar-refractivity contribution is 9.10. The second kappa shape index (κ2) is 5.69. The summed E-state index contributed by atoms with van der Waals surface area (Å²) < 4.78 is 1.20. The third-order valence-electron chi connectivity index (χ3n) is 4.06. The lowest BCUT2D eigenvalue weighted by Crippen LogP contribution is -2.38. The van der Waals surface area contributed by atoms with Gasteiger partial charge in [0.2, 0.25) is 0 Å². The minimum atomic E-state index is 0.148. The highest BCUT2D eigenvalue weighted by Gasteiger charge is 2.32. The summed E-state index contributed by atoms with van der Waals surface area (Å²) in [5, 5.41) is 3.54. The topological polar surface area (TPSA) is 15.3 Å². The number of rotatable bonds is 3. The smallest absolute Gasteiger partial charge is 0.0382 e. The molecule has 1 aromatic rings. The van der Waals surface area contributed by atoms with E-state index in [1.165, 1.54) is 35.1 Å². The number of halogens is 1. The SMILES string of the molecule is CC(C)(C)NCc1ccc(N2CCCC2(C)C)cc1Br. The van der Waals surface area contributed by atoms with E-state index < -0.39 is 0 Å². The molecule has 3 heteroatoms. The molecule has 20 heavy (non-hydrogen) atoms. The van der Waals surface area contributed by atoms with Gasteiger partial charge in [0.25, 0.3) is 0 Å². The monoisotopic (exact) mass is 338 g/mol. The van der Waals surface area contributed by atoms with Crippen LogP contribution in [0, 0.1) is 0 Å². The minimum Gasteiger partial charge on any atom is -0.366 e. The van der Waals surface area contributed by atoms with E-state index in [0.29, 0.717) is 0 Å². The van der Waals surface area contributed by atoms with Gasteiger partial charge < -0.3 is 10.2 Å². The molecule has 112 valence electrons. The van der Waals surface area contributed by atoms with Crippen LogP contribution in [0.3, 0.4) is 0 Å². The number of hydrogen-bond acceptors (Lipinski definition) is 2. The zero-order valence-electron chi connectivity index (χ0n) is 13.4. The number of nitrogens with zero attached hydrogens (tertiary/aromatic N) is 1. The Labute approximate surface area is 132 Å². The van der Waals surface area contributed by atoms with Gasteiger partial charge in [-0.1, -0.05) is 22.0 Å². The van der Waals surface area contributed by atoms with Crippen molar-refractivity contribution in [3.05, 3.63) is 28.2 Å². The maximum atomic E-state index is 3.73. The lowest BCUT2D eigenvalue weighted by molar-refractivity contribution is 0.424. The van der Waals surface area contributed by atoms with E-state index in [1.54, 1.807) is 0 Å². The van der Waals surface area contributed by atoms with E-state index in [9.17, 15) is 0 Å². The van der Waals surface area contributed by atoms with Crippen LogP contribution in [0.5, 0.6) is 0 Å². The number of anilines is 1. The maximum Gasteiger partial charge on any atom is 0.0382 e. The van der Waals surface area contributed by atoms with Gasteiger partial charge in [-0.15, -0.1) is 0 Å². The van der Waals surface area contributed by atoms with E-state index in [0.717, 1.165) is 6.54 Å². The minimum absolute atomic E-state index is 0.148. The molecule has 0 radical (unpaired) electrons. The Kier molecular flexibility index (Phi) is 4.50. The molecule has 1 fully saturated rings. The molecule has 0 saturated carbocycles. The average molecular weight is 339 g/mol. The molecule has 2 rings (SSSR count). The molecule has 0 bridgehead atoms. The number of benzene rings is 1. The first-order valence-corrected chi connectivity index (χ1v) is 8.29. The van der Waals surface area contributed by atoms with Gasteiger partial charge in [0.05, 0.1) is 0 Å². The first-order chi connectivity index (χ1) is 9.19. The van der Waals surface area contributed by atoms with Crippen LogP contribution in [0.1, 0.15) is 53.0 Å². The Morgan fingerprint density at radius 3 is 2.50 bits per heavy atom. The van der Waals surface area contributed by atoms with E-state index in [-0.39, 0.29) is 11.1 Å². The van der Waals surface area contributed by atoms with Crippen molar-refractivity contribution in [1.82, 2.24) is 5.32 Å². The van der Waals surface area contributed by atoms with Crippen molar-refractivity contribution in [2.24, 2.45) is 0 Å². The van der Waals surface area contributed by atoms with E-state index >= 15 is 0 Å². The molecular weight excluding hydrogens is 312 g/mol. The molecule has 0 aromatic heterocycles. The average Bonchev–Trinajstić information content (AvgIpc) is 2.66. The van der Waals surface area contributed by atoms with Crippen LogP contribution >= 0.6 is 15.9 Å². The van der Waals surface area contributed by atoms with Gasteiger partial charge in [0.15, 0.2) is 0 Å². The Morgan fingerprint density at radius 2 is 2.00 bits per heavy atom. The highest BCUT2D eigenvalue weighted by atomic mass is 79.9. The molecule has 2 nitrogen and oxygen atoms in total. The second-order valence-corrected chi connectivity index (χ2v) is 8.30. The fourth-order valence-electron chi connectivity index (χ4n) is 2.79. The van der Waals surface area contributed by atoms with Crippen LogP contribution in [-0.4, -0.2) is 17.6 Å².